The molecule has 0 bridgehead atoms. The molecule has 1 aliphatic rings. The molecule has 1 aromatic heterocycles. The Morgan fingerprint density at radius 2 is 2.16 bits per heavy atom. The molecule has 0 radical (unpaired) electrons. The molecule has 1 N–H and O–H groups in total. The highest BCUT2D eigenvalue weighted by atomic mass is 16.5. The lowest BCUT2D eigenvalue weighted by Gasteiger charge is -2.42. The first-order chi connectivity index (χ1) is 12.1. The highest BCUT2D eigenvalue weighted by Crippen LogP contribution is 2.23. The van der Waals surface area contributed by atoms with Crippen molar-refractivity contribution >= 4 is 5.91 Å². The maximum Gasteiger partial charge on any atom is 0.227 e. The van der Waals surface area contributed by atoms with Gasteiger partial charge in [0.2, 0.25) is 11.8 Å². The summed E-state index contributed by atoms with van der Waals surface area (Å²) in [7, 11) is 0. The van der Waals surface area contributed by atoms with Gasteiger partial charge in [-0.15, -0.1) is 0 Å². The minimum atomic E-state index is -0.754. The number of benzene rings is 1. The van der Waals surface area contributed by atoms with Crippen LogP contribution in [0.5, 0.6) is 0 Å². The van der Waals surface area contributed by atoms with Crippen LogP contribution in [0.2, 0.25) is 0 Å². The van der Waals surface area contributed by atoms with Crippen LogP contribution < -0.4 is 0 Å². The molecule has 134 valence electrons. The lowest BCUT2D eigenvalue weighted by atomic mass is 9.93. The third-order valence-corrected chi connectivity index (χ3v) is 4.38. The molecule has 1 fully saturated rings. The molecular weight excluding hydrogens is 322 g/mol. The van der Waals surface area contributed by atoms with Crippen LogP contribution in [0.4, 0.5) is 0 Å². The zero-order chi connectivity index (χ0) is 17.7. The van der Waals surface area contributed by atoms with E-state index in [1.165, 1.54) is 0 Å². The smallest absolute Gasteiger partial charge is 0.227 e. The summed E-state index contributed by atoms with van der Waals surface area (Å²) in [5.74, 6) is 1.04. The summed E-state index contributed by atoms with van der Waals surface area (Å²) in [6.45, 7) is 2.93. The molecule has 2 heterocycles. The van der Waals surface area contributed by atoms with Gasteiger partial charge in [0.05, 0.1) is 19.8 Å². The van der Waals surface area contributed by atoms with E-state index in [-0.39, 0.29) is 12.5 Å². The number of carbonyl (C=O) groups excluding carboxylic acids is 1. The van der Waals surface area contributed by atoms with Gasteiger partial charge in [0.25, 0.3) is 0 Å². The van der Waals surface area contributed by atoms with Crippen LogP contribution in [-0.4, -0.2) is 58.0 Å². The maximum absolute atomic E-state index is 12.5. The van der Waals surface area contributed by atoms with Gasteiger partial charge in [0.15, 0.2) is 5.82 Å². The zero-order valence-electron chi connectivity index (χ0n) is 14.4. The van der Waals surface area contributed by atoms with Crippen molar-refractivity contribution in [1.82, 2.24) is 15.0 Å². The third-order valence-electron chi connectivity index (χ3n) is 4.38. The second-order valence-corrected chi connectivity index (χ2v) is 6.40. The molecular formula is C18H23N3O4. The Kier molecular flexibility index (Phi) is 5.45. The van der Waals surface area contributed by atoms with E-state index in [9.17, 15) is 9.90 Å². The van der Waals surface area contributed by atoms with Gasteiger partial charge in [-0.25, -0.2) is 0 Å². The Morgan fingerprint density at radius 3 is 2.84 bits per heavy atom. The highest BCUT2D eigenvalue weighted by molar-refractivity contribution is 5.76. The van der Waals surface area contributed by atoms with Crippen LogP contribution in [0.25, 0.3) is 0 Å². The number of aromatic nitrogens is 2. The Bertz CT molecular complexity index is 703. The van der Waals surface area contributed by atoms with Gasteiger partial charge in [0, 0.05) is 25.8 Å². The summed E-state index contributed by atoms with van der Waals surface area (Å²) in [6.07, 6.45) is 1.29. The molecule has 25 heavy (non-hydrogen) atoms. The monoisotopic (exact) mass is 345 g/mol. The summed E-state index contributed by atoms with van der Waals surface area (Å²) in [6, 6.07) is 9.86. The van der Waals surface area contributed by atoms with Crippen molar-refractivity contribution in [2.45, 2.75) is 31.8 Å². The van der Waals surface area contributed by atoms with E-state index in [1.807, 2.05) is 30.3 Å². The average molecular weight is 345 g/mol. The number of rotatable bonds is 6. The molecule has 0 spiro atoms. The van der Waals surface area contributed by atoms with Gasteiger partial charge < -0.3 is 19.3 Å². The van der Waals surface area contributed by atoms with Crippen LogP contribution >= 0.6 is 0 Å². The van der Waals surface area contributed by atoms with E-state index < -0.39 is 5.60 Å². The standard InChI is InChI=1S/C18H23N3O4/c1-14-19-16(25-20-14)7-8-17(23)21-9-10-24-18(12-21,13-22)11-15-5-3-2-4-6-15/h2-6,22H,7-13H2,1H3/t18-/m1/s1. The van der Waals surface area contributed by atoms with Crippen LogP contribution in [0.1, 0.15) is 23.7 Å². The molecule has 0 unspecified atom stereocenters. The molecule has 3 rings (SSSR count). The topological polar surface area (TPSA) is 88.7 Å². The van der Waals surface area contributed by atoms with Crippen molar-refractivity contribution in [2.75, 3.05) is 26.3 Å². The van der Waals surface area contributed by atoms with Gasteiger partial charge in [-0.3, -0.25) is 4.79 Å². The van der Waals surface area contributed by atoms with Crippen LogP contribution in [0, 0.1) is 6.92 Å². The fourth-order valence-corrected chi connectivity index (χ4v) is 3.10. The number of aliphatic hydroxyl groups excluding tert-OH is 1. The normalized spacial score (nSPS) is 20.6. The zero-order valence-corrected chi connectivity index (χ0v) is 14.4. The number of morpholine rings is 1. The number of hydrogen-bond donors (Lipinski definition) is 1. The van der Waals surface area contributed by atoms with E-state index in [4.69, 9.17) is 9.26 Å². The van der Waals surface area contributed by atoms with Crippen LogP contribution in [-0.2, 0) is 22.4 Å². The summed E-state index contributed by atoms with van der Waals surface area (Å²) in [4.78, 5) is 18.4. The number of nitrogens with zero attached hydrogens (tertiary/aromatic N) is 3. The number of aliphatic hydroxyl groups is 1. The first-order valence-electron chi connectivity index (χ1n) is 8.46. The number of ether oxygens (including phenoxy) is 1. The van der Waals surface area contributed by atoms with Gasteiger partial charge in [-0.05, 0) is 12.5 Å². The lowest BCUT2D eigenvalue weighted by Crippen LogP contribution is -2.56. The fraction of sp³-hybridized carbons (Fsp3) is 0.500. The maximum atomic E-state index is 12.5. The molecule has 0 saturated carbocycles. The molecule has 1 saturated heterocycles. The number of amides is 1. The number of aryl methyl sites for hydroxylation is 2. The number of hydrogen-bond acceptors (Lipinski definition) is 6. The van der Waals surface area contributed by atoms with Crippen LogP contribution in [0.15, 0.2) is 34.9 Å². The molecule has 7 nitrogen and oxygen atoms in total. The summed E-state index contributed by atoms with van der Waals surface area (Å²) in [5, 5.41) is 13.6. The SMILES string of the molecule is Cc1noc(CCC(=O)N2CCO[C@](CO)(Cc3ccccc3)C2)n1. The first-order valence-corrected chi connectivity index (χ1v) is 8.46. The minimum Gasteiger partial charge on any atom is -0.393 e. The van der Waals surface area contributed by atoms with Crippen molar-refractivity contribution in [3.05, 3.63) is 47.6 Å². The molecule has 7 heteroatoms. The predicted octanol–water partition coefficient (Wildman–Crippen LogP) is 1.14. The van der Waals surface area contributed by atoms with E-state index >= 15 is 0 Å². The quantitative estimate of drug-likeness (QED) is 0.845. The molecule has 1 atom stereocenters. The van der Waals surface area contributed by atoms with Crippen molar-refractivity contribution in [3.8, 4) is 0 Å². The van der Waals surface area contributed by atoms with Gasteiger partial charge in [-0.2, -0.15) is 4.98 Å². The summed E-state index contributed by atoms with van der Waals surface area (Å²) >= 11 is 0. The van der Waals surface area contributed by atoms with Crippen molar-refractivity contribution < 1.29 is 19.2 Å². The molecule has 1 amide bonds. The summed E-state index contributed by atoms with van der Waals surface area (Å²) < 4.78 is 10.9. The molecule has 1 aliphatic heterocycles. The van der Waals surface area contributed by atoms with E-state index in [2.05, 4.69) is 10.1 Å². The van der Waals surface area contributed by atoms with Crippen LogP contribution in [0.3, 0.4) is 0 Å². The van der Waals surface area contributed by atoms with Crippen molar-refractivity contribution in [1.29, 1.82) is 0 Å². The van der Waals surface area contributed by atoms with E-state index in [1.54, 1.807) is 11.8 Å². The lowest BCUT2D eigenvalue weighted by molar-refractivity contribution is -0.158. The van der Waals surface area contributed by atoms with Gasteiger partial charge >= 0.3 is 0 Å². The fourth-order valence-electron chi connectivity index (χ4n) is 3.10. The Morgan fingerprint density at radius 1 is 1.36 bits per heavy atom. The third kappa shape index (κ3) is 4.43. The second-order valence-electron chi connectivity index (χ2n) is 6.40. The minimum absolute atomic E-state index is 0.00467. The van der Waals surface area contributed by atoms with Gasteiger partial charge in [-0.1, -0.05) is 35.5 Å². The Labute approximate surface area is 146 Å². The van der Waals surface area contributed by atoms with Crippen molar-refractivity contribution in [3.63, 3.8) is 0 Å². The molecule has 0 aliphatic carbocycles. The average Bonchev–Trinajstić information content (AvgIpc) is 3.06. The Hall–Kier alpha value is -2.25. The van der Waals surface area contributed by atoms with E-state index in [0.29, 0.717) is 50.7 Å². The largest absolute Gasteiger partial charge is 0.393 e. The second kappa shape index (κ2) is 7.76. The van der Waals surface area contributed by atoms with E-state index in [0.717, 1.165) is 5.56 Å². The number of carbonyl (C=O) groups is 1. The Balaban J connectivity index is 1.61. The molecule has 1 aromatic carbocycles. The highest BCUT2D eigenvalue weighted by Gasteiger charge is 2.38. The predicted molar refractivity (Wildman–Crippen MR) is 89.9 cm³/mol. The summed E-state index contributed by atoms with van der Waals surface area (Å²) in [5.41, 5.74) is 0.322. The van der Waals surface area contributed by atoms with Gasteiger partial charge in [0.1, 0.15) is 5.60 Å². The molecule has 2 aromatic rings. The first kappa shape index (κ1) is 17.6. The van der Waals surface area contributed by atoms with Crippen molar-refractivity contribution in [2.24, 2.45) is 0 Å².